The highest BCUT2D eigenvalue weighted by Crippen LogP contribution is 2.40. The normalized spacial score (nSPS) is 21.6. The molecule has 1 fully saturated rings. The minimum atomic E-state index is -0.146. The van der Waals surface area contributed by atoms with Crippen LogP contribution < -0.4 is 5.43 Å². The molecule has 140 valence electrons. The molecule has 0 aliphatic heterocycles. The van der Waals surface area contributed by atoms with Gasteiger partial charge in [-0.15, -0.1) is 11.3 Å². The number of carbonyl (C=O) groups excluding carboxylic acids is 1. The van der Waals surface area contributed by atoms with Crippen molar-refractivity contribution >= 4 is 44.9 Å². The number of aromatic nitrogens is 1. The van der Waals surface area contributed by atoms with Crippen LogP contribution in [0.25, 0.3) is 10.2 Å². The van der Waals surface area contributed by atoms with E-state index in [0.717, 1.165) is 34.2 Å². The quantitative estimate of drug-likeness (QED) is 0.357. The Morgan fingerprint density at radius 1 is 1.21 bits per heavy atom. The van der Waals surface area contributed by atoms with Crippen LogP contribution in [0, 0.1) is 11.8 Å². The lowest BCUT2D eigenvalue weighted by Gasteiger charge is -2.31. The van der Waals surface area contributed by atoms with Gasteiger partial charge in [0.2, 0.25) is 0 Å². The standard InChI is InChI=1S/C22H19N3OS2/c26-21(25-24-19-12-16-4-3-5-17(16)19)15-10-8-14(9-11-15)13-27-22-23-18-6-1-2-7-20(18)28-22/h1-4,6-11,16-17H,5,12-13H2,(H,25,26)/b24-19+. The number of hydrazone groups is 1. The van der Waals surface area contributed by atoms with Crippen molar-refractivity contribution in [2.24, 2.45) is 16.9 Å². The molecule has 1 aromatic heterocycles. The SMILES string of the molecule is O=C(N/N=C1\CC2C=CCC12)c1ccc(CSc2nc3ccccc3s2)cc1. The summed E-state index contributed by atoms with van der Waals surface area (Å²) in [5, 5.41) is 4.33. The van der Waals surface area contributed by atoms with E-state index < -0.39 is 0 Å². The average Bonchev–Trinajstić information content (AvgIpc) is 3.30. The largest absolute Gasteiger partial charge is 0.271 e. The summed E-state index contributed by atoms with van der Waals surface area (Å²) in [5.41, 5.74) is 6.69. The van der Waals surface area contributed by atoms with E-state index in [2.05, 4.69) is 33.7 Å². The molecule has 1 saturated carbocycles. The van der Waals surface area contributed by atoms with Gasteiger partial charge in [0.15, 0.2) is 4.34 Å². The zero-order valence-electron chi connectivity index (χ0n) is 15.2. The van der Waals surface area contributed by atoms with E-state index in [1.165, 1.54) is 10.3 Å². The number of nitrogens with zero attached hydrogens (tertiary/aromatic N) is 2. The summed E-state index contributed by atoms with van der Waals surface area (Å²) in [5.74, 6) is 1.84. The summed E-state index contributed by atoms with van der Waals surface area (Å²) in [7, 11) is 0. The van der Waals surface area contributed by atoms with Crippen molar-refractivity contribution in [1.82, 2.24) is 10.4 Å². The second-order valence-corrected chi connectivity index (χ2v) is 9.37. The highest BCUT2D eigenvalue weighted by atomic mass is 32.2. The highest BCUT2D eigenvalue weighted by molar-refractivity contribution is 8.00. The summed E-state index contributed by atoms with van der Waals surface area (Å²) >= 11 is 3.44. The van der Waals surface area contributed by atoms with E-state index in [0.29, 0.717) is 17.4 Å². The first-order valence-corrected chi connectivity index (χ1v) is 11.2. The predicted molar refractivity (Wildman–Crippen MR) is 116 cm³/mol. The molecule has 2 aliphatic rings. The Hall–Kier alpha value is -2.44. The van der Waals surface area contributed by atoms with Gasteiger partial charge in [-0.3, -0.25) is 4.79 Å². The van der Waals surface area contributed by atoms with Gasteiger partial charge in [0.05, 0.1) is 10.2 Å². The van der Waals surface area contributed by atoms with Crippen LogP contribution in [0.5, 0.6) is 0 Å². The van der Waals surface area contributed by atoms with Gasteiger partial charge in [-0.05, 0) is 48.6 Å². The Morgan fingerprint density at radius 2 is 2.07 bits per heavy atom. The number of fused-ring (bicyclic) bond motifs is 2. The monoisotopic (exact) mass is 405 g/mol. The van der Waals surface area contributed by atoms with Gasteiger partial charge >= 0.3 is 0 Å². The van der Waals surface area contributed by atoms with E-state index in [1.807, 2.05) is 42.5 Å². The molecular formula is C22H19N3OS2. The molecule has 1 amide bonds. The number of allylic oxidation sites excluding steroid dienone is 2. The number of thiazole rings is 1. The highest BCUT2D eigenvalue weighted by Gasteiger charge is 2.38. The lowest BCUT2D eigenvalue weighted by molar-refractivity contribution is 0.0954. The molecule has 3 aromatic rings. The third-order valence-corrected chi connectivity index (χ3v) is 7.57. The van der Waals surface area contributed by atoms with Crippen molar-refractivity contribution in [2.75, 3.05) is 0 Å². The van der Waals surface area contributed by atoms with E-state index in [4.69, 9.17) is 0 Å². The molecule has 1 heterocycles. The molecule has 2 atom stereocenters. The van der Waals surface area contributed by atoms with Crippen molar-refractivity contribution in [3.05, 3.63) is 71.8 Å². The van der Waals surface area contributed by atoms with Gasteiger partial charge in [0, 0.05) is 22.9 Å². The lowest BCUT2D eigenvalue weighted by atomic mass is 9.74. The van der Waals surface area contributed by atoms with E-state index in [9.17, 15) is 4.79 Å². The minimum Gasteiger partial charge on any atom is -0.267 e. The number of carbonyl (C=O) groups is 1. The first-order valence-electron chi connectivity index (χ1n) is 9.37. The van der Waals surface area contributed by atoms with Crippen LogP contribution in [0.3, 0.4) is 0 Å². The van der Waals surface area contributed by atoms with Crippen LogP contribution in [-0.2, 0) is 5.75 Å². The van der Waals surface area contributed by atoms with Crippen molar-refractivity contribution < 1.29 is 4.79 Å². The number of hydrogen-bond acceptors (Lipinski definition) is 5. The molecule has 0 saturated heterocycles. The fourth-order valence-electron chi connectivity index (χ4n) is 3.66. The molecule has 5 rings (SSSR count). The Balaban J connectivity index is 1.17. The van der Waals surface area contributed by atoms with Gasteiger partial charge < -0.3 is 0 Å². The Labute approximate surface area is 171 Å². The van der Waals surface area contributed by atoms with Gasteiger partial charge in [-0.2, -0.15) is 5.10 Å². The van der Waals surface area contributed by atoms with Crippen molar-refractivity contribution in [3.63, 3.8) is 0 Å². The van der Waals surface area contributed by atoms with Gasteiger partial charge in [0.25, 0.3) is 5.91 Å². The maximum Gasteiger partial charge on any atom is 0.271 e. The lowest BCUT2D eigenvalue weighted by Crippen LogP contribution is -2.35. The number of rotatable bonds is 5. The fourth-order valence-corrected chi connectivity index (χ4v) is 5.68. The van der Waals surface area contributed by atoms with Crippen LogP contribution in [0.15, 0.2) is 70.1 Å². The van der Waals surface area contributed by atoms with Crippen LogP contribution >= 0.6 is 23.1 Å². The third-order valence-electron chi connectivity index (χ3n) is 5.32. The molecule has 2 unspecified atom stereocenters. The number of thioether (sulfide) groups is 1. The topological polar surface area (TPSA) is 54.4 Å². The van der Waals surface area contributed by atoms with Gasteiger partial charge in [-0.25, -0.2) is 10.4 Å². The Morgan fingerprint density at radius 3 is 2.89 bits per heavy atom. The number of hydrogen-bond donors (Lipinski definition) is 1. The number of para-hydroxylation sites is 1. The average molecular weight is 406 g/mol. The minimum absolute atomic E-state index is 0.146. The van der Waals surface area contributed by atoms with Crippen LogP contribution in [0.2, 0.25) is 0 Å². The zero-order valence-corrected chi connectivity index (χ0v) is 16.8. The number of benzene rings is 2. The second kappa shape index (κ2) is 7.53. The van der Waals surface area contributed by atoms with Crippen molar-refractivity contribution in [3.8, 4) is 0 Å². The molecule has 28 heavy (non-hydrogen) atoms. The van der Waals surface area contributed by atoms with E-state index in [-0.39, 0.29) is 5.91 Å². The fraction of sp³-hybridized carbons (Fsp3) is 0.227. The summed E-state index contributed by atoms with van der Waals surface area (Å²) in [4.78, 5) is 17.0. The maximum atomic E-state index is 12.3. The molecule has 0 radical (unpaired) electrons. The number of amides is 1. The maximum absolute atomic E-state index is 12.3. The first kappa shape index (κ1) is 17.6. The molecule has 0 bridgehead atoms. The number of nitrogens with one attached hydrogen (secondary N) is 1. The predicted octanol–water partition coefficient (Wildman–Crippen LogP) is 5.27. The summed E-state index contributed by atoms with van der Waals surface area (Å²) < 4.78 is 2.28. The van der Waals surface area contributed by atoms with Gasteiger partial charge in [-0.1, -0.05) is 48.2 Å². The molecule has 1 N–H and O–H groups in total. The van der Waals surface area contributed by atoms with Crippen molar-refractivity contribution in [1.29, 1.82) is 0 Å². The third kappa shape index (κ3) is 3.50. The summed E-state index contributed by atoms with van der Waals surface area (Å²) in [6.45, 7) is 0. The van der Waals surface area contributed by atoms with Gasteiger partial charge in [0.1, 0.15) is 0 Å². The zero-order chi connectivity index (χ0) is 18.9. The van der Waals surface area contributed by atoms with Crippen molar-refractivity contribution in [2.45, 2.75) is 22.9 Å². The molecular weight excluding hydrogens is 386 g/mol. The summed E-state index contributed by atoms with van der Waals surface area (Å²) in [6.07, 6.45) is 6.51. The molecule has 6 heteroatoms. The molecule has 2 aromatic carbocycles. The van der Waals surface area contributed by atoms with E-state index >= 15 is 0 Å². The smallest absolute Gasteiger partial charge is 0.267 e. The van der Waals surface area contributed by atoms with Crippen LogP contribution in [-0.4, -0.2) is 16.6 Å². The second-order valence-electron chi connectivity index (χ2n) is 7.12. The first-order chi connectivity index (χ1) is 13.8. The Bertz CT molecular complexity index is 1050. The van der Waals surface area contributed by atoms with Crippen LogP contribution in [0.4, 0.5) is 0 Å². The molecule has 4 nitrogen and oxygen atoms in total. The molecule has 0 spiro atoms. The molecule has 2 aliphatic carbocycles. The summed E-state index contributed by atoms with van der Waals surface area (Å²) in [6, 6.07) is 15.9. The van der Waals surface area contributed by atoms with Crippen LogP contribution in [0.1, 0.15) is 28.8 Å². The van der Waals surface area contributed by atoms with E-state index in [1.54, 1.807) is 23.1 Å². The Kier molecular flexibility index (Phi) is 4.74.